The van der Waals surface area contributed by atoms with Crippen LogP contribution in [0.1, 0.15) is 25.5 Å². The molecule has 5 aromatic rings. The molecule has 1 N–H and O–H groups in total. The Kier molecular flexibility index (Phi) is 5.81. The van der Waals surface area contributed by atoms with Crippen LogP contribution in [0.5, 0.6) is 5.75 Å². The minimum atomic E-state index is -0.283. The summed E-state index contributed by atoms with van der Waals surface area (Å²) >= 11 is 1.40. The first-order valence-corrected chi connectivity index (χ1v) is 11.8. The molecule has 7 nitrogen and oxygen atoms in total. The van der Waals surface area contributed by atoms with Crippen molar-refractivity contribution < 1.29 is 4.74 Å². The number of thiazole rings is 1. The second-order valence-electron chi connectivity index (χ2n) is 8.15. The van der Waals surface area contributed by atoms with E-state index in [1.807, 2.05) is 55.6 Å². The lowest BCUT2D eigenvalue weighted by Crippen LogP contribution is -2.13. The zero-order chi connectivity index (χ0) is 23.7. The second kappa shape index (κ2) is 9.07. The van der Waals surface area contributed by atoms with E-state index in [-0.39, 0.29) is 17.2 Å². The Morgan fingerprint density at radius 3 is 2.62 bits per heavy atom. The summed E-state index contributed by atoms with van der Waals surface area (Å²) in [5, 5.41) is 16.6. The maximum absolute atomic E-state index is 13.3. The molecule has 0 bridgehead atoms. The molecule has 0 fully saturated rings. The van der Waals surface area contributed by atoms with E-state index in [2.05, 4.69) is 39.6 Å². The summed E-state index contributed by atoms with van der Waals surface area (Å²) in [5.74, 6) is 0.726. The molecule has 170 valence electrons. The van der Waals surface area contributed by atoms with E-state index in [9.17, 15) is 4.79 Å². The minimum Gasteiger partial charge on any atom is -0.497 e. The molecule has 0 radical (unpaired) electrons. The van der Waals surface area contributed by atoms with Crippen LogP contribution in [-0.2, 0) is 0 Å². The van der Waals surface area contributed by atoms with Crippen LogP contribution in [0.2, 0.25) is 0 Å². The van der Waals surface area contributed by atoms with E-state index in [0.29, 0.717) is 22.3 Å². The van der Waals surface area contributed by atoms with Crippen molar-refractivity contribution in [3.63, 3.8) is 0 Å². The van der Waals surface area contributed by atoms with Crippen molar-refractivity contribution in [3.8, 4) is 22.1 Å². The fourth-order valence-electron chi connectivity index (χ4n) is 3.71. The normalized spacial score (nSPS) is 11.6. The highest BCUT2D eigenvalue weighted by Crippen LogP contribution is 2.29. The maximum atomic E-state index is 13.3. The highest BCUT2D eigenvalue weighted by Gasteiger charge is 2.20. The van der Waals surface area contributed by atoms with Gasteiger partial charge in [-0.25, -0.2) is 4.98 Å². The number of aromatic nitrogens is 3. The lowest BCUT2D eigenvalue weighted by molar-refractivity contribution is 0.415. The molecule has 0 saturated carbocycles. The Morgan fingerprint density at radius 1 is 1.00 bits per heavy atom. The quantitative estimate of drug-likeness (QED) is 0.272. The van der Waals surface area contributed by atoms with Crippen molar-refractivity contribution in [2.45, 2.75) is 19.8 Å². The Balaban J connectivity index is 1.51. The van der Waals surface area contributed by atoms with Crippen LogP contribution in [0.25, 0.3) is 27.2 Å². The number of rotatable bonds is 6. The Morgan fingerprint density at radius 2 is 1.82 bits per heavy atom. The lowest BCUT2D eigenvalue weighted by Gasteiger charge is -2.02. The van der Waals surface area contributed by atoms with Gasteiger partial charge in [0.2, 0.25) is 5.13 Å². The van der Waals surface area contributed by atoms with E-state index in [1.165, 1.54) is 21.4 Å². The van der Waals surface area contributed by atoms with Crippen molar-refractivity contribution >= 4 is 33.5 Å². The van der Waals surface area contributed by atoms with Crippen LogP contribution >= 0.6 is 11.3 Å². The van der Waals surface area contributed by atoms with Gasteiger partial charge in [0.25, 0.3) is 0 Å². The number of ether oxygens (including phenoxy) is 1. The highest BCUT2D eigenvalue weighted by atomic mass is 32.1. The molecule has 5 rings (SSSR count). The Labute approximate surface area is 200 Å². The summed E-state index contributed by atoms with van der Waals surface area (Å²) in [6, 6.07) is 21.7. The van der Waals surface area contributed by atoms with Crippen LogP contribution in [0, 0.1) is 0 Å². The molecule has 34 heavy (non-hydrogen) atoms. The average Bonchev–Trinajstić information content (AvgIpc) is 3.47. The van der Waals surface area contributed by atoms with Crippen LogP contribution < -0.4 is 10.3 Å². The van der Waals surface area contributed by atoms with Gasteiger partial charge in [-0.05, 0) is 34.9 Å². The zero-order valence-corrected chi connectivity index (χ0v) is 19.8. The SMILES string of the molecule is COc1cccc(N=Nc2c(C(C)C)[nH]n(-c3nc(-c4ccc5ccccc5c4)cs3)c2=O)c1. The summed E-state index contributed by atoms with van der Waals surface area (Å²) < 4.78 is 6.69. The Bertz CT molecular complexity index is 1560. The summed E-state index contributed by atoms with van der Waals surface area (Å²) in [4.78, 5) is 18.0. The van der Waals surface area contributed by atoms with Crippen molar-refractivity contribution in [1.82, 2.24) is 14.8 Å². The van der Waals surface area contributed by atoms with Gasteiger partial charge in [0, 0.05) is 17.0 Å². The molecule has 0 aliphatic carbocycles. The fraction of sp³-hybridized carbons (Fsp3) is 0.154. The third kappa shape index (κ3) is 4.15. The molecule has 0 spiro atoms. The maximum Gasteiger partial charge on any atom is 0.301 e. The fourth-order valence-corrected chi connectivity index (χ4v) is 4.50. The van der Waals surface area contributed by atoms with Gasteiger partial charge in [-0.15, -0.1) is 16.5 Å². The van der Waals surface area contributed by atoms with E-state index < -0.39 is 0 Å². The monoisotopic (exact) mass is 469 g/mol. The van der Waals surface area contributed by atoms with Gasteiger partial charge >= 0.3 is 5.56 Å². The molecule has 2 aromatic heterocycles. The number of aromatic amines is 1. The van der Waals surface area contributed by atoms with Crippen molar-refractivity contribution in [3.05, 3.63) is 88.2 Å². The average molecular weight is 470 g/mol. The Hall–Kier alpha value is -4.04. The minimum absolute atomic E-state index is 0.0492. The van der Waals surface area contributed by atoms with E-state index >= 15 is 0 Å². The number of nitrogens with zero attached hydrogens (tertiary/aromatic N) is 4. The van der Waals surface area contributed by atoms with E-state index in [0.717, 1.165) is 16.6 Å². The first-order valence-electron chi connectivity index (χ1n) is 10.9. The number of fused-ring (bicyclic) bond motifs is 1. The molecule has 0 aliphatic rings. The topological polar surface area (TPSA) is 84.6 Å². The van der Waals surface area contributed by atoms with Gasteiger partial charge < -0.3 is 4.74 Å². The molecule has 0 atom stereocenters. The summed E-state index contributed by atoms with van der Waals surface area (Å²) in [6.45, 7) is 4.01. The standard InChI is InChI=1S/C26H23N5O2S/c1-16(2)23-24(29-28-20-9-6-10-21(14-20)33-3)25(32)31(30-23)26-27-22(15-34-26)19-12-11-17-7-4-5-8-18(17)13-19/h4-16,30H,1-3H3. The number of hydrogen-bond donors (Lipinski definition) is 1. The third-order valence-corrected chi connectivity index (χ3v) is 6.34. The molecular weight excluding hydrogens is 446 g/mol. The largest absolute Gasteiger partial charge is 0.497 e. The first-order chi connectivity index (χ1) is 16.5. The van der Waals surface area contributed by atoms with Crippen LogP contribution in [0.3, 0.4) is 0 Å². The van der Waals surface area contributed by atoms with Gasteiger partial charge in [-0.2, -0.15) is 9.80 Å². The molecular formula is C26H23N5O2S. The second-order valence-corrected chi connectivity index (χ2v) is 8.98. The zero-order valence-electron chi connectivity index (χ0n) is 19.0. The van der Waals surface area contributed by atoms with Gasteiger partial charge in [0.15, 0.2) is 5.69 Å². The summed E-state index contributed by atoms with van der Waals surface area (Å²) in [7, 11) is 1.60. The number of methoxy groups -OCH3 is 1. The van der Waals surface area contributed by atoms with Crippen molar-refractivity contribution in [2.24, 2.45) is 10.2 Å². The molecule has 0 unspecified atom stereocenters. The number of H-pyrrole nitrogens is 1. The highest BCUT2D eigenvalue weighted by molar-refractivity contribution is 7.12. The number of azo groups is 1. The molecule has 2 heterocycles. The van der Waals surface area contributed by atoms with Crippen LogP contribution in [-0.4, -0.2) is 21.9 Å². The van der Waals surface area contributed by atoms with E-state index in [4.69, 9.17) is 9.72 Å². The van der Waals surface area contributed by atoms with Crippen LogP contribution in [0.15, 0.2) is 87.1 Å². The number of hydrogen-bond acceptors (Lipinski definition) is 6. The van der Waals surface area contributed by atoms with Gasteiger partial charge in [0.05, 0.1) is 24.2 Å². The van der Waals surface area contributed by atoms with E-state index in [1.54, 1.807) is 13.2 Å². The number of benzene rings is 3. The molecule has 3 aromatic carbocycles. The van der Waals surface area contributed by atoms with Crippen molar-refractivity contribution in [2.75, 3.05) is 7.11 Å². The number of nitrogens with one attached hydrogen (secondary N) is 1. The predicted octanol–water partition coefficient (Wildman–Crippen LogP) is 6.99. The first kappa shape index (κ1) is 21.8. The smallest absolute Gasteiger partial charge is 0.301 e. The molecule has 0 aliphatic heterocycles. The molecule has 0 saturated heterocycles. The third-order valence-electron chi connectivity index (χ3n) is 5.52. The van der Waals surface area contributed by atoms with Crippen molar-refractivity contribution in [1.29, 1.82) is 0 Å². The van der Waals surface area contributed by atoms with Gasteiger partial charge in [0.1, 0.15) is 5.75 Å². The van der Waals surface area contributed by atoms with Gasteiger partial charge in [-0.3, -0.25) is 9.89 Å². The van der Waals surface area contributed by atoms with Crippen LogP contribution in [0.4, 0.5) is 11.4 Å². The lowest BCUT2D eigenvalue weighted by atomic mass is 10.1. The summed E-state index contributed by atoms with van der Waals surface area (Å²) in [5.41, 5.74) is 3.13. The molecule has 8 heteroatoms. The summed E-state index contributed by atoms with van der Waals surface area (Å²) in [6.07, 6.45) is 0. The predicted molar refractivity (Wildman–Crippen MR) is 136 cm³/mol. The van der Waals surface area contributed by atoms with Gasteiger partial charge in [-0.1, -0.05) is 56.3 Å². The molecule has 0 amide bonds.